The standard InChI is InChI=1S/C23H23BrClNO3.ClH/c1-28-22-12-17(13-26-14-21(27)18-5-3-2-4-6-18)11-20(24)23(22)29-15-16-7-9-19(25)10-8-16;/h2-12,21,26-27H,13-15H2,1H3;1H. The minimum absolute atomic E-state index is 0. The number of ether oxygens (including phenoxy) is 2. The molecule has 2 N–H and O–H groups in total. The van der Waals surface area contributed by atoms with E-state index >= 15 is 0 Å². The number of rotatable bonds is 9. The maximum Gasteiger partial charge on any atom is 0.175 e. The van der Waals surface area contributed by atoms with Crippen LogP contribution in [0.15, 0.2) is 71.2 Å². The third kappa shape index (κ3) is 6.89. The van der Waals surface area contributed by atoms with E-state index in [1.54, 1.807) is 7.11 Å². The molecule has 3 aromatic carbocycles. The van der Waals surface area contributed by atoms with E-state index in [2.05, 4.69) is 21.2 Å². The molecule has 3 rings (SSSR count). The molecule has 0 aliphatic carbocycles. The lowest BCUT2D eigenvalue weighted by Gasteiger charge is -2.16. The van der Waals surface area contributed by atoms with Crippen molar-refractivity contribution in [2.75, 3.05) is 13.7 Å². The highest BCUT2D eigenvalue weighted by Crippen LogP contribution is 2.37. The summed E-state index contributed by atoms with van der Waals surface area (Å²) in [7, 11) is 1.62. The van der Waals surface area contributed by atoms with Gasteiger partial charge in [-0.05, 0) is 56.9 Å². The molecule has 0 aliphatic heterocycles. The lowest BCUT2D eigenvalue weighted by Crippen LogP contribution is -2.21. The minimum Gasteiger partial charge on any atom is -0.493 e. The van der Waals surface area contributed by atoms with Crippen molar-refractivity contribution >= 4 is 39.9 Å². The average molecular weight is 513 g/mol. The summed E-state index contributed by atoms with van der Waals surface area (Å²) in [5.41, 5.74) is 2.93. The zero-order valence-corrected chi connectivity index (χ0v) is 19.6. The Morgan fingerprint density at radius 3 is 2.40 bits per heavy atom. The summed E-state index contributed by atoms with van der Waals surface area (Å²) < 4.78 is 12.3. The van der Waals surface area contributed by atoms with Gasteiger partial charge >= 0.3 is 0 Å². The predicted octanol–water partition coefficient (Wildman–Crippen LogP) is 5.94. The zero-order valence-electron chi connectivity index (χ0n) is 16.5. The van der Waals surface area contributed by atoms with E-state index in [0.29, 0.717) is 36.2 Å². The molecular formula is C23H24BrCl2NO3. The molecule has 160 valence electrons. The van der Waals surface area contributed by atoms with E-state index in [-0.39, 0.29) is 12.4 Å². The number of benzene rings is 3. The maximum atomic E-state index is 10.3. The third-order valence-corrected chi connectivity index (χ3v) is 5.28. The highest BCUT2D eigenvalue weighted by atomic mass is 79.9. The summed E-state index contributed by atoms with van der Waals surface area (Å²) in [5.74, 6) is 1.30. The summed E-state index contributed by atoms with van der Waals surface area (Å²) in [4.78, 5) is 0. The second-order valence-corrected chi connectivity index (χ2v) is 7.87. The average Bonchev–Trinajstić information content (AvgIpc) is 2.74. The monoisotopic (exact) mass is 511 g/mol. The van der Waals surface area contributed by atoms with E-state index in [1.165, 1.54) is 0 Å². The lowest BCUT2D eigenvalue weighted by molar-refractivity contribution is 0.174. The zero-order chi connectivity index (χ0) is 20.6. The Balaban J connectivity index is 0.00000320. The summed E-state index contributed by atoms with van der Waals surface area (Å²) in [6, 6.07) is 21.1. The van der Waals surface area contributed by atoms with Crippen LogP contribution in [0.25, 0.3) is 0 Å². The fourth-order valence-corrected chi connectivity index (χ4v) is 3.63. The maximum absolute atomic E-state index is 10.3. The van der Waals surface area contributed by atoms with Crippen molar-refractivity contribution in [2.45, 2.75) is 19.3 Å². The van der Waals surface area contributed by atoms with Gasteiger partial charge in [-0.2, -0.15) is 0 Å². The molecule has 1 unspecified atom stereocenters. The number of hydrogen-bond donors (Lipinski definition) is 2. The number of hydrogen-bond acceptors (Lipinski definition) is 4. The van der Waals surface area contributed by atoms with Crippen LogP contribution in [0.4, 0.5) is 0 Å². The number of aliphatic hydroxyl groups is 1. The molecule has 0 aromatic heterocycles. The first-order valence-corrected chi connectivity index (χ1v) is 10.4. The van der Waals surface area contributed by atoms with Gasteiger partial charge in [-0.1, -0.05) is 54.1 Å². The second kappa shape index (κ2) is 12.2. The van der Waals surface area contributed by atoms with Crippen LogP contribution in [-0.2, 0) is 13.2 Å². The Morgan fingerprint density at radius 2 is 1.73 bits per heavy atom. The Kier molecular flexibility index (Phi) is 9.95. The minimum atomic E-state index is -0.552. The molecule has 0 heterocycles. The van der Waals surface area contributed by atoms with Crippen LogP contribution in [0.2, 0.25) is 5.02 Å². The highest BCUT2D eigenvalue weighted by molar-refractivity contribution is 9.10. The Hall–Kier alpha value is -1.76. The molecule has 0 bridgehead atoms. The van der Waals surface area contributed by atoms with Gasteiger partial charge in [0.2, 0.25) is 0 Å². The Morgan fingerprint density at radius 1 is 1.03 bits per heavy atom. The number of halogens is 3. The topological polar surface area (TPSA) is 50.7 Å². The van der Waals surface area contributed by atoms with Crippen molar-refractivity contribution in [3.8, 4) is 11.5 Å². The van der Waals surface area contributed by atoms with Gasteiger partial charge in [0.25, 0.3) is 0 Å². The van der Waals surface area contributed by atoms with Crippen molar-refractivity contribution < 1.29 is 14.6 Å². The van der Waals surface area contributed by atoms with E-state index < -0.39 is 6.10 Å². The molecule has 0 saturated heterocycles. The van der Waals surface area contributed by atoms with Gasteiger partial charge in [-0.15, -0.1) is 12.4 Å². The molecule has 0 saturated carbocycles. The van der Waals surface area contributed by atoms with Crippen molar-refractivity contribution in [3.05, 3.63) is 92.9 Å². The van der Waals surface area contributed by atoms with Gasteiger partial charge in [0.05, 0.1) is 17.7 Å². The summed E-state index contributed by atoms with van der Waals surface area (Å²) in [6.07, 6.45) is -0.552. The van der Waals surface area contributed by atoms with Crippen molar-refractivity contribution in [1.29, 1.82) is 0 Å². The van der Waals surface area contributed by atoms with Crippen LogP contribution >= 0.6 is 39.9 Å². The van der Waals surface area contributed by atoms with E-state index in [9.17, 15) is 5.11 Å². The third-order valence-electron chi connectivity index (χ3n) is 4.44. The molecule has 1 atom stereocenters. The molecule has 30 heavy (non-hydrogen) atoms. The normalized spacial score (nSPS) is 11.5. The van der Waals surface area contributed by atoms with Crippen LogP contribution < -0.4 is 14.8 Å². The van der Waals surface area contributed by atoms with Gasteiger partial charge in [0, 0.05) is 18.1 Å². The van der Waals surface area contributed by atoms with Crippen molar-refractivity contribution in [3.63, 3.8) is 0 Å². The second-order valence-electron chi connectivity index (χ2n) is 6.58. The Bertz CT molecular complexity index is 924. The highest BCUT2D eigenvalue weighted by Gasteiger charge is 2.13. The lowest BCUT2D eigenvalue weighted by atomic mass is 10.1. The summed E-state index contributed by atoms with van der Waals surface area (Å²) in [6.45, 7) is 1.46. The van der Waals surface area contributed by atoms with Gasteiger partial charge in [0.1, 0.15) is 6.61 Å². The Labute approximate surface area is 196 Å². The quantitative estimate of drug-likeness (QED) is 0.372. The molecule has 4 nitrogen and oxygen atoms in total. The largest absolute Gasteiger partial charge is 0.493 e. The summed E-state index contributed by atoms with van der Waals surface area (Å²) in [5, 5.41) is 14.2. The van der Waals surface area contributed by atoms with Crippen molar-refractivity contribution in [2.24, 2.45) is 0 Å². The van der Waals surface area contributed by atoms with Crippen LogP contribution in [0.5, 0.6) is 11.5 Å². The summed E-state index contributed by atoms with van der Waals surface area (Å²) >= 11 is 9.50. The molecule has 3 aromatic rings. The van der Waals surface area contributed by atoms with Crippen LogP contribution in [0, 0.1) is 0 Å². The molecule has 0 amide bonds. The number of nitrogens with one attached hydrogen (secondary N) is 1. The van der Waals surface area contributed by atoms with Gasteiger partial charge in [0.15, 0.2) is 11.5 Å². The smallest absolute Gasteiger partial charge is 0.175 e. The fraction of sp³-hybridized carbons (Fsp3) is 0.217. The van der Waals surface area contributed by atoms with Gasteiger partial charge in [-0.25, -0.2) is 0 Å². The van der Waals surface area contributed by atoms with Crippen LogP contribution in [0.3, 0.4) is 0 Å². The van der Waals surface area contributed by atoms with Crippen molar-refractivity contribution in [1.82, 2.24) is 5.32 Å². The van der Waals surface area contributed by atoms with E-state index in [1.807, 2.05) is 66.7 Å². The van der Waals surface area contributed by atoms with E-state index in [4.69, 9.17) is 21.1 Å². The van der Waals surface area contributed by atoms with Crippen LogP contribution in [-0.4, -0.2) is 18.8 Å². The number of methoxy groups -OCH3 is 1. The number of aliphatic hydroxyl groups excluding tert-OH is 1. The van der Waals surface area contributed by atoms with Gasteiger partial charge < -0.3 is 19.9 Å². The van der Waals surface area contributed by atoms with Gasteiger partial charge in [-0.3, -0.25) is 0 Å². The molecule has 0 aliphatic rings. The first-order valence-electron chi connectivity index (χ1n) is 9.24. The first kappa shape index (κ1) is 24.5. The van der Waals surface area contributed by atoms with Crippen LogP contribution in [0.1, 0.15) is 22.8 Å². The van der Waals surface area contributed by atoms with E-state index in [0.717, 1.165) is 21.2 Å². The fourth-order valence-electron chi connectivity index (χ4n) is 2.90. The molecule has 7 heteroatoms. The SMILES string of the molecule is COc1cc(CNCC(O)c2ccccc2)cc(Br)c1OCc1ccc(Cl)cc1.Cl. The molecule has 0 radical (unpaired) electrons. The molecular weight excluding hydrogens is 489 g/mol. The molecule has 0 spiro atoms. The predicted molar refractivity (Wildman–Crippen MR) is 127 cm³/mol. The molecule has 0 fully saturated rings. The first-order chi connectivity index (χ1) is 14.1.